The second-order valence-electron chi connectivity index (χ2n) is 5.34. The monoisotopic (exact) mass is 359 g/mol. The van der Waals surface area contributed by atoms with E-state index in [1.54, 1.807) is 42.5 Å². The highest BCUT2D eigenvalue weighted by Crippen LogP contribution is 2.21. The van der Waals surface area contributed by atoms with Crippen molar-refractivity contribution in [1.29, 1.82) is 0 Å². The van der Waals surface area contributed by atoms with E-state index in [0.717, 1.165) is 0 Å². The van der Waals surface area contributed by atoms with Crippen molar-refractivity contribution in [3.8, 4) is 0 Å². The van der Waals surface area contributed by atoms with Crippen LogP contribution in [-0.4, -0.2) is 32.7 Å². The Labute approximate surface area is 147 Å². The number of nitrogens with one attached hydrogen (secondary N) is 1. The summed E-state index contributed by atoms with van der Waals surface area (Å²) >= 11 is 0. The number of anilines is 1. The van der Waals surface area contributed by atoms with Crippen LogP contribution in [0.3, 0.4) is 0 Å². The summed E-state index contributed by atoms with van der Waals surface area (Å²) in [6.07, 6.45) is 0. The van der Waals surface area contributed by atoms with Crippen molar-refractivity contribution in [2.75, 3.05) is 11.1 Å². The van der Waals surface area contributed by atoms with Gasteiger partial charge in [-0.1, -0.05) is 30.3 Å². The number of amides is 1. The van der Waals surface area contributed by atoms with E-state index in [-0.39, 0.29) is 5.91 Å². The van der Waals surface area contributed by atoms with Crippen molar-refractivity contribution in [1.82, 2.24) is 0 Å². The van der Waals surface area contributed by atoms with E-state index >= 15 is 0 Å². The summed E-state index contributed by atoms with van der Waals surface area (Å²) in [7, 11) is -1.90. The zero-order chi connectivity index (χ0) is 18.4. The molecule has 2 rings (SSSR count). The van der Waals surface area contributed by atoms with Gasteiger partial charge in [-0.3, -0.25) is 18.6 Å². The van der Waals surface area contributed by atoms with Crippen LogP contribution >= 0.6 is 0 Å². The number of hydrogen-bond acceptors (Lipinski definition) is 4. The molecule has 2 N–H and O–H groups in total. The number of hydrogen-bond donors (Lipinski definition) is 2. The molecule has 1 amide bonds. The normalized spacial score (nSPS) is 12.8. The molecular weight excluding hydrogens is 342 g/mol. The molecule has 2 aromatic rings. The third-order valence-corrected chi connectivity index (χ3v) is 4.94. The minimum atomic E-state index is -1.90. The van der Waals surface area contributed by atoms with Crippen LogP contribution in [0.5, 0.6) is 0 Å². The molecule has 7 heteroatoms. The fourth-order valence-electron chi connectivity index (χ4n) is 2.27. The Hall–Kier alpha value is -2.80. The van der Waals surface area contributed by atoms with E-state index in [1.165, 1.54) is 19.1 Å². The maximum atomic E-state index is 12.4. The van der Waals surface area contributed by atoms with Gasteiger partial charge in [0, 0.05) is 29.0 Å². The van der Waals surface area contributed by atoms with Gasteiger partial charge in [0.05, 0.1) is 5.75 Å². The first-order chi connectivity index (χ1) is 11.9. The van der Waals surface area contributed by atoms with E-state index in [0.29, 0.717) is 16.8 Å². The molecule has 0 aromatic heterocycles. The molecule has 0 heterocycles. The van der Waals surface area contributed by atoms with E-state index < -0.39 is 33.6 Å². The summed E-state index contributed by atoms with van der Waals surface area (Å²) in [6, 6.07) is 14.3. The van der Waals surface area contributed by atoms with Crippen molar-refractivity contribution in [2.24, 2.45) is 0 Å². The van der Waals surface area contributed by atoms with Crippen LogP contribution in [0.25, 0.3) is 0 Å². The number of carboxylic acid groups (broad SMARTS) is 1. The summed E-state index contributed by atoms with van der Waals surface area (Å²) in [6.45, 7) is 1.37. The number of carbonyl (C=O) groups is 3. The lowest BCUT2D eigenvalue weighted by Crippen LogP contribution is -2.23. The van der Waals surface area contributed by atoms with Gasteiger partial charge in [-0.05, 0) is 29.8 Å². The molecule has 2 aromatic carbocycles. The van der Waals surface area contributed by atoms with Gasteiger partial charge in [0.1, 0.15) is 0 Å². The first-order valence-corrected chi connectivity index (χ1v) is 8.82. The predicted molar refractivity (Wildman–Crippen MR) is 94.9 cm³/mol. The van der Waals surface area contributed by atoms with E-state index in [1.807, 2.05) is 0 Å². The summed E-state index contributed by atoms with van der Waals surface area (Å²) < 4.78 is 12.4. The standard InChI is InChI=1S/C18H17NO5S/c1-12(20)19-15-9-7-13(8-10-15)16(21)11-25(24)17(18(22)23)14-5-3-2-4-6-14/h2-10,17H,11H2,1H3,(H,19,20)(H,22,23). The molecule has 0 bridgehead atoms. The smallest absolute Gasteiger partial charge is 0.323 e. The number of Topliss-reactive ketones (excluding diaryl/α,β-unsaturated/α-hetero) is 1. The molecule has 0 radical (unpaired) electrons. The third-order valence-electron chi connectivity index (χ3n) is 3.39. The highest BCUT2D eigenvalue weighted by Gasteiger charge is 2.28. The van der Waals surface area contributed by atoms with Gasteiger partial charge in [0.15, 0.2) is 11.0 Å². The lowest BCUT2D eigenvalue weighted by atomic mass is 10.1. The van der Waals surface area contributed by atoms with E-state index in [2.05, 4.69) is 5.32 Å². The second kappa shape index (κ2) is 8.34. The molecule has 2 unspecified atom stereocenters. The molecule has 0 saturated heterocycles. The Morgan fingerprint density at radius 2 is 1.64 bits per heavy atom. The Kier molecular flexibility index (Phi) is 6.19. The van der Waals surface area contributed by atoms with Gasteiger partial charge in [0.25, 0.3) is 0 Å². The van der Waals surface area contributed by atoms with Crippen LogP contribution in [-0.2, 0) is 20.4 Å². The van der Waals surface area contributed by atoms with Crippen LogP contribution in [0.15, 0.2) is 54.6 Å². The average molecular weight is 359 g/mol. The van der Waals surface area contributed by atoms with Gasteiger partial charge < -0.3 is 10.4 Å². The first-order valence-electron chi connectivity index (χ1n) is 7.44. The van der Waals surface area contributed by atoms with Crippen molar-refractivity contribution in [3.63, 3.8) is 0 Å². The number of carbonyl (C=O) groups excluding carboxylic acids is 2. The number of benzene rings is 2. The molecule has 0 fully saturated rings. The Morgan fingerprint density at radius 3 is 2.16 bits per heavy atom. The van der Waals surface area contributed by atoms with Crippen molar-refractivity contribution >= 4 is 34.1 Å². The van der Waals surface area contributed by atoms with Crippen LogP contribution in [0, 0.1) is 0 Å². The SMILES string of the molecule is CC(=O)Nc1ccc(C(=O)CS(=O)C(C(=O)O)c2ccccc2)cc1. The van der Waals surface area contributed by atoms with Gasteiger partial charge in [-0.2, -0.15) is 0 Å². The minimum Gasteiger partial charge on any atom is -0.480 e. The Bertz CT molecular complexity index is 802. The number of rotatable bonds is 7. The number of ketones is 1. The highest BCUT2D eigenvalue weighted by atomic mass is 32.2. The molecule has 0 aliphatic carbocycles. The zero-order valence-electron chi connectivity index (χ0n) is 13.5. The summed E-state index contributed by atoms with van der Waals surface area (Å²) in [5, 5.41) is 10.7. The molecular formula is C18H17NO5S. The summed E-state index contributed by atoms with van der Waals surface area (Å²) in [5.41, 5.74) is 1.24. The van der Waals surface area contributed by atoms with Gasteiger partial charge in [-0.25, -0.2) is 0 Å². The van der Waals surface area contributed by atoms with Crippen molar-refractivity contribution in [3.05, 3.63) is 65.7 Å². The molecule has 0 saturated carbocycles. The fourth-order valence-corrected chi connectivity index (χ4v) is 3.55. The van der Waals surface area contributed by atoms with Crippen molar-refractivity contribution < 1.29 is 23.7 Å². The third kappa shape index (κ3) is 5.09. The van der Waals surface area contributed by atoms with Crippen molar-refractivity contribution in [2.45, 2.75) is 12.2 Å². The first kappa shape index (κ1) is 18.5. The van der Waals surface area contributed by atoms with Crippen LogP contribution in [0.4, 0.5) is 5.69 Å². The maximum absolute atomic E-state index is 12.4. The Balaban J connectivity index is 2.11. The largest absolute Gasteiger partial charge is 0.480 e. The predicted octanol–water partition coefficient (Wildman–Crippen LogP) is 2.40. The lowest BCUT2D eigenvalue weighted by molar-refractivity contribution is -0.136. The maximum Gasteiger partial charge on any atom is 0.323 e. The summed E-state index contributed by atoms with van der Waals surface area (Å²) in [4.78, 5) is 34.7. The molecule has 0 aliphatic rings. The topological polar surface area (TPSA) is 101 Å². The van der Waals surface area contributed by atoms with Crippen LogP contribution < -0.4 is 5.32 Å². The quantitative estimate of drug-likeness (QED) is 0.740. The highest BCUT2D eigenvalue weighted by molar-refractivity contribution is 7.86. The fraction of sp³-hybridized carbons (Fsp3) is 0.167. The van der Waals surface area contributed by atoms with Crippen LogP contribution in [0.1, 0.15) is 28.1 Å². The van der Waals surface area contributed by atoms with Gasteiger partial charge in [-0.15, -0.1) is 0 Å². The molecule has 25 heavy (non-hydrogen) atoms. The zero-order valence-corrected chi connectivity index (χ0v) is 14.3. The molecule has 2 atom stereocenters. The second-order valence-corrected chi connectivity index (χ2v) is 6.86. The molecule has 6 nitrogen and oxygen atoms in total. The Morgan fingerprint density at radius 1 is 1.04 bits per heavy atom. The molecule has 0 aliphatic heterocycles. The molecule has 130 valence electrons. The van der Waals surface area contributed by atoms with Gasteiger partial charge in [0.2, 0.25) is 5.91 Å². The molecule has 0 spiro atoms. The lowest BCUT2D eigenvalue weighted by Gasteiger charge is -2.12. The van der Waals surface area contributed by atoms with Crippen LogP contribution in [0.2, 0.25) is 0 Å². The number of carboxylic acids is 1. The van der Waals surface area contributed by atoms with E-state index in [4.69, 9.17) is 0 Å². The van der Waals surface area contributed by atoms with Gasteiger partial charge >= 0.3 is 5.97 Å². The minimum absolute atomic E-state index is 0.229. The number of aliphatic carboxylic acids is 1. The van der Waals surface area contributed by atoms with E-state index in [9.17, 15) is 23.7 Å². The summed E-state index contributed by atoms with van der Waals surface area (Å²) in [5.74, 6) is -2.29. The average Bonchev–Trinajstić information content (AvgIpc) is 2.55.